The summed E-state index contributed by atoms with van der Waals surface area (Å²) in [5, 5.41) is 4.37. The highest BCUT2D eigenvalue weighted by molar-refractivity contribution is 7.99. The van der Waals surface area contributed by atoms with Gasteiger partial charge in [0.1, 0.15) is 6.23 Å². The molecule has 0 aliphatic carbocycles. The van der Waals surface area contributed by atoms with E-state index in [1.165, 1.54) is 31.4 Å². The lowest BCUT2D eigenvalue weighted by atomic mass is 10.1. The van der Waals surface area contributed by atoms with Crippen LogP contribution in [0.5, 0.6) is 0 Å². The minimum absolute atomic E-state index is 0. The van der Waals surface area contributed by atoms with Gasteiger partial charge < -0.3 is 4.74 Å². The van der Waals surface area contributed by atoms with E-state index >= 15 is 0 Å². The Morgan fingerprint density at radius 1 is 1.40 bits per heavy atom. The summed E-state index contributed by atoms with van der Waals surface area (Å²) in [6.45, 7) is 5.27. The predicted octanol–water partition coefficient (Wildman–Crippen LogP) is 2.81. The van der Waals surface area contributed by atoms with E-state index in [0.717, 1.165) is 11.9 Å². The van der Waals surface area contributed by atoms with Crippen LogP contribution >= 0.6 is 24.2 Å². The molecule has 0 spiro atoms. The standard InChI is InChI=1S/C11H21NOS.ClH/c1-11(2)8-13-10(12-11)7-9-5-3-4-6-14-9;/h9-10,12H,3-8H2,1-2H3;1H. The van der Waals surface area contributed by atoms with Crippen molar-refractivity contribution in [2.75, 3.05) is 12.4 Å². The molecule has 2 heterocycles. The first-order chi connectivity index (χ1) is 6.66. The SMILES string of the molecule is CC1(C)COC(CC2CCCCS2)N1.Cl. The maximum atomic E-state index is 5.75. The number of nitrogens with one attached hydrogen (secondary N) is 1. The topological polar surface area (TPSA) is 21.3 Å². The Morgan fingerprint density at radius 3 is 2.73 bits per heavy atom. The van der Waals surface area contributed by atoms with E-state index in [1.54, 1.807) is 0 Å². The van der Waals surface area contributed by atoms with E-state index in [1.807, 2.05) is 0 Å². The van der Waals surface area contributed by atoms with Gasteiger partial charge in [-0.25, -0.2) is 0 Å². The van der Waals surface area contributed by atoms with Crippen molar-refractivity contribution in [3.63, 3.8) is 0 Å². The Labute approximate surface area is 103 Å². The maximum absolute atomic E-state index is 5.75. The summed E-state index contributed by atoms with van der Waals surface area (Å²) in [6, 6.07) is 0. The van der Waals surface area contributed by atoms with E-state index in [4.69, 9.17) is 4.74 Å². The molecular formula is C11H22ClNOS. The summed E-state index contributed by atoms with van der Waals surface area (Å²) < 4.78 is 5.75. The normalized spacial score (nSPS) is 34.8. The summed E-state index contributed by atoms with van der Waals surface area (Å²) in [7, 11) is 0. The maximum Gasteiger partial charge on any atom is 0.109 e. The zero-order valence-electron chi connectivity index (χ0n) is 9.62. The van der Waals surface area contributed by atoms with Crippen LogP contribution in [0.3, 0.4) is 0 Å². The zero-order chi connectivity index (χ0) is 10.0. The van der Waals surface area contributed by atoms with Crippen LogP contribution in [0.1, 0.15) is 39.5 Å². The van der Waals surface area contributed by atoms with Crippen LogP contribution in [0.25, 0.3) is 0 Å². The molecule has 4 heteroatoms. The van der Waals surface area contributed by atoms with Crippen LogP contribution in [0.15, 0.2) is 0 Å². The van der Waals surface area contributed by atoms with Gasteiger partial charge in [-0.3, -0.25) is 5.32 Å². The molecule has 0 bridgehead atoms. The van der Waals surface area contributed by atoms with E-state index in [9.17, 15) is 0 Å². The minimum atomic E-state index is 0. The van der Waals surface area contributed by atoms with Crippen molar-refractivity contribution >= 4 is 24.2 Å². The third kappa shape index (κ3) is 4.14. The Balaban J connectivity index is 0.00000112. The van der Waals surface area contributed by atoms with E-state index in [2.05, 4.69) is 30.9 Å². The van der Waals surface area contributed by atoms with Crippen LogP contribution in [0.4, 0.5) is 0 Å². The molecule has 0 radical (unpaired) electrons. The first-order valence-electron chi connectivity index (χ1n) is 5.67. The second-order valence-corrected chi connectivity index (χ2v) is 6.46. The first kappa shape index (κ1) is 13.6. The van der Waals surface area contributed by atoms with Crippen molar-refractivity contribution < 1.29 is 4.74 Å². The zero-order valence-corrected chi connectivity index (χ0v) is 11.3. The lowest BCUT2D eigenvalue weighted by Gasteiger charge is -2.24. The lowest BCUT2D eigenvalue weighted by molar-refractivity contribution is 0.0906. The third-order valence-electron chi connectivity index (χ3n) is 2.95. The van der Waals surface area contributed by atoms with Gasteiger partial charge in [0, 0.05) is 10.8 Å². The van der Waals surface area contributed by atoms with E-state index in [0.29, 0.717) is 6.23 Å². The average Bonchev–Trinajstić information content (AvgIpc) is 2.47. The van der Waals surface area contributed by atoms with Crippen molar-refractivity contribution in [2.24, 2.45) is 0 Å². The van der Waals surface area contributed by atoms with Gasteiger partial charge in [-0.05, 0) is 38.9 Å². The Morgan fingerprint density at radius 2 is 2.20 bits per heavy atom. The molecule has 0 amide bonds. The lowest BCUT2D eigenvalue weighted by Crippen LogP contribution is -2.40. The molecule has 0 saturated carbocycles. The van der Waals surface area contributed by atoms with Gasteiger partial charge in [0.15, 0.2) is 0 Å². The summed E-state index contributed by atoms with van der Waals surface area (Å²) in [4.78, 5) is 0. The smallest absolute Gasteiger partial charge is 0.109 e. The molecular weight excluding hydrogens is 230 g/mol. The van der Waals surface area contributed by atoms with Gasteiger partial charge >= 0.3 is 0 Å². The number of ether oxygens (including phenoxy) is 1. The molecule has 0 aromatic heterocycles. The fourth-order valence-corrected chi connectivity index (χ4v) is 3.54. The van der Waals surface area contributed by atoms with Gasteiger partial charge in [-0.15, -0.1) is 12.4 Å². The molecule has 90 valence electrons. The molecule has 2 aliphatic rings. The fraction of sp³-hybridized carbons (Fsp3) is 1.00. The quantitative estimate of drug-likeness (QED) is 0.816. The highest BCUT2D eigenvalue weighted by atomic mass is 35.5. The molecule has 2 rings (SSSR count). The van der Waals surface area contributed by atoms with Crippen LogP contribution < -0.4 is 5.32 Å². The second kappa shape index (κ2) is 5.76. The molecule has 2 aliphatic heterocycles. The summed E-state index contributed by atoms with van der Waals surface area (Å²) in [5.74, 6) is 1.35. The summed E-state index contributed by atoms with van der Waals surface area (Å²) >= 11 is 2.13. The Kier molecular flexibility index (Phi) is 5.23. The van der Waals surface area contributed by atoms with E-state index in [-0.39, 0.29) is 17.9 Å². The van der Waals surface area contributed by atoms with Gasteiger partial charge in [0.05, 0.1) is 6.61 Å². The van der Waals surface area contributed by atoms with Crippen molar-refractivity contribution in [3.8, 4) is 0 Å². The van der Waals surface area contributed by atoms with Crippen LogP contribution in [-0.2, 0) is 4.74 Å². The molecule has 2 saturated heterocycles. The third-order valence-corrected chi connectivity index (χ3v) is 4.37. The van der Waals surface area contributed by atoms with E-state index < -0.39 is 0 Å². The highest BCUT2D eigenvalue weighted by Crippen LogP contribution is 2.30. The largest absolute Gasteiger partial charge is 0.361 e. The van der Waals surface area contributed by atoms with Crippen LogP contribution in [0, 0.1) is 0 Å². The number of hydrogen-bond donors (Lipinski definition) is 1. The first-order valence-corrected chi connectivity index (χ1v) is 6.71. The number of rotatable bonds is 2. The molecule has 15 heavy (non-hydrogen) atoms. The van der Waals surface area contributed by atoms with Gasteiger partial charge in [-0.1, -0.05) is 6.42 Å². The molecule has 2 atom stereocenters. The average molecular weight is 252 g/mol. The summed E-state index contributed by atoms with van der Waals surface area (Å²) in [6.07, 6.45) is 5.70. The summed E-state index contributed by atoms with van der Waals surface area (Å²) in [5.41, 5.74) is 0.185. The van der Waals surface area contributed by atoms with Gasteiger partial charge in [-0.2, -0.15) is 11.8 Å². The van der Waals surface area contributed by atoms with Gasteiger partial charge in [0.25, 0.3) is 0 Å². The molecule has 2 fully saturated rings. The van der Waals surface area contributed by atoms with Crippen molar-refractivity contribution in [1.29, 1.82) is 0 Å². The Bertz CT molecular complexity index is 195. The van der Waals surface area contributed by atoms with Crippen LogP contribution in [0.2, 0.25) is 0 Å². The van der Waals surface area contributed by atoms with Crippen molar-refractivity contribution in [2.45, 2.75) is 56.5 Å². The monoisotopic (exact) mass is 251 g/mol. The Hall–Kier alpha value is 0.560. The van der Waals surface area contributed by atoms with Crippen molar-refractivity contribution in [3.05, 3.63) is 0 Å². The second-order valence-electron chi connectivity index (χ2n) is 5.05. The number of thioether (sulfide) groups is 1. The van der Waals surface area contributed by atoms with Crippen molar-refractivity contribution in [1.82, 2.24) is 5.32 Å². The molecule has 2 nitrogen and oxygen atoms in total. The van der Waals surface area contributed by atoms with Gasteiger partial charge in [0.2, 0.25) is 0 Å². The predicted molar refractivity (Wildman–Crippen MR) is 68.9 cm³/mol. The number of hydrogen-bond acceptors (Lipinski definition) is 3. The molecule has 0 aromatic rings. The minimum Gasteiger partial charge on any atom is -0.361 e. The fourth-order valence-electron chi connectivity index (χ4n) is 2.19. The molecule has 1 N–H and O–H groups in total. The molecule has 0 aromatic carbocycles. The van der Waals surface area contributed by atoms with Crippen LogP contribution in [-0.4, -0.2) is 29.4 Å². The number of halogens is 1. The highest BCUT2D eigenvalue weighted by Gasteiger charge is 2.32. The molecule has 2 unspecified atom stereocenters.